The number of imidazole rings is 1. The molecule has 2 atom stereocenters. The third-order valence-corrected chi connectivity index (χ3v) is 4.00. The fraction of sp³-hybridized carbons (Fsp3) is 0.800. The van der Waals surface area contributed by atoms with Gasteiger partial charge in [-0.3, -0.25) is 0 Å². The Kier molecular flexibility index (Phi) is 4.81. The van der Waals surface area contributed by atoms with Gasteiger partial charge in [0.2, 0.25) is 0 Å². The first-order chi connectivity index (χ1) is 8.68. The zero-order valence-electron chi connectivity index (χ0n) is 12.0. The number of rotatable bonds is 5. The Balaban J connectivity index is 2.01. The van der Waals surface area contributed by atoms with Crippen molar-refractivity contribution in [2.45, 2.75) is 65.0 Å². The van der Waals surface area contributed by atoms with Crippen LogP contribution in [0.25, 0.3) is 0 Å². The summed E-state index contributed by atoms with van der Waals surface area (Å²) in [6.07, 6.45) is 10.5. The molecule has 1 aliphatic rings. The van der Waals surface area contributed by atoms with Crippen molar-refractivity contribution in [2.24, 2.45) is 5.92 Å². The molecule has 1 saturated heterocycles. The second kappa shape index (κ2) is 6.37. The molecule has 1 fully saturated rings. The highest BCUT2D eigenvalue weighted by atomic mass is 15.1. The molecule has 102 valence electrons. The van der Waals surface area contributed by atoms with Gasteiger partial charge in [-0.2, -0.15) is 0 Å². The highest BCUT2D eigenvalue weighted by molar-refractivity contribution is 5.07. The lowest BCUT2D eigenvalue weighted by molar-refractivity contribution is 0.369. The van der Waals surface area contributed by atoms with Gasteiger partial charge >= 0.3 is 0 Å². The van der Waals surface area contributed by atoms with Crippen molar-refractivity contribution in [3.05, 3.63) is 18.2 Å². The standard InChI is InChI=1S/C15H27N3/c1-12(2)7-8-13(3)18-11-16-10-15(18)14-6-4-5-9-17-14/h10-14,17H,4-9H2,1-3H3. The summed E-state index contributed by atoms with van der Waals surface area (Å²) in [5.74, 6) is 0.784. The second-order valence-electron chi connectivity index (χ2n) is 6.05. The molecule has 2 unspecified atom stereocenters. The Bertz CT molecular complexity index is 350. The Labute approximate surface area is 111 Å². The molecule has 1 aromatic rings. The van der Waals surface area contributed by atoms with Crippen molar-refractivity contribution < 1.29 is 0 Å². The summed E-state index contributed by atoms with van der Waals surface area (Å²) in [6, 6.07) is 1.08. The van der Waals surface area contributed by atoms with Crippen molar-refractivity contribution in [3.63, 3.8) is 0 Å². The summed E-state index contributed by atoms with van der Waals surface area (Å²) in [4.78, 5) is 4.37. The molecule has 0 bridgehead atoms. The number of piperidine rings is 1. The molecule has 2 heterocycles. The smallest absolute Gasteiger partial charge is 0.0951 e. The molecule has 0 saturated carbocycles. The van der Waals surface area contributed by atoms with Crippen molar-refractivity contribution in [1.82, 2.24) is 14.9 Å². The lowest BCUT2D eigenvalue weighted by Crippen LogP contribution is -2.29. The first-order valence-electron chi connectivity index (χ1n) is 7.43. The average molecular weight is 249 g/mol. The number of nitrogens with zero attached hydrogens (tertiary/aromatic N) is 2. The fourth-order valence-electron chi connectivity index (χ4n) is 2.77. The van der Waals surface area contributed by atoms with Crippen LogP contribution in [-0.2, 0) is 0 Å². The molecule has 18 heavy (non-hydrogen) atoms. The Morgan fingerprint density at radius 3 is 2.83 bits per heavy atom. The van der Waals surface area contributed by atoms with Crippen LogP contribution in [0.3, 0.4) is 0 Å². The molecule has 1 aliphatic heterocycles. The fourth-order valence-corrected chi connectivity index (χ4v) is 2.77. The lowest BCUT2D eigenvalue weighted by atomic mass is 10.0. The summed E-state index contributed by atoms with van der Waals surface area (Å²) < 4.78 is 2.38. The van der Waals surface area contributed by atoms with Gasteiger partial charge in [0.25, 0.3) is 0 Å². The summed E-state index contributed by atoms with van der Waals surface area (Å²) in [5.41, 5.74) is 1.38. The van der Waals surface area contributed by atoms with Gasteiger partial charge in [0.15, 0.2) is 0 Å². The monoisotopic (exact) mass is 249 g/mol. The predicted molar refractivity (Wildman–Crippen MR) is 75.6 cm³/mol. The number of hydrogen-bond donors (Lipinski definition) is 1. The van der Waals surface area contributed by atoms with E-state index in [0.717, 1.165) is 12.5 Å². The Hall–Kier alpha value is -0.830. The van der Waals surface area contributed by atoms with E-state index >= 15 is 0 Å². The first-order valence-corrected chi connectivity index (χ1v) is 7.43. The van der Waals surface area contributed by atoms with E-state index in [9.17, 15) is 0 Å². The third kappa shape index (κ3) is 3.35. The summed E-state index contributed by atoms with van der Waals surface area (Å²) in [5, 5.41) is 3.62. The molecule has 0 aromatic carbocycles. The molecule has 1 N–H and O–H groups in total. The molecule has 0 amide bonds. The van der Waals surface area contributed by atoms with Crippen molar-refractivity contribution in [1.29, 1.82) is 0 Å². The number of hydrogen-bond acceptors (Lipinski definition) is 2. The van der Waals surface area contributed by atoms with Gasteiger partial charge in [-0.1, -0.05) is 20.3 Å². The van der Waals surface area contributed by atoms with Crippen LogP contribution in [0.5, 0.6) is 0 Å². The summed E-state index contributed by atoms with van der Waals surface area (Å²) in [6.45, 7) is 8.06. The highest BCUT2D eigenvalue weighted by Gasteiger charge is 2.20. The normalized spacial score (nSPS) is 22.3. The van der Waals surface area contributed by atoms with E-state index in [2.05, 4.69) is 41.8 Å². The maximum Gasteiger partial charge on any atom is 0.0951 e. The van der Waals surface area contributed by atoms with Gasteiger partial charge in [0.05, 0.1) is 12.0 Å². The van der Waals surface area contributed by atoms with Crippen LogP contribution in [0.15, 0.2) is 12.5 Å². The summed E-state index contributed by atoms with van der Waals surface area (Å²) >= 11 is 0. The molecule has 2 rings (SSSR count). The van der Waals surface area contributed by atoms with Gasteiger partial charge in [0, 0.05) is 18.3 Å². The van der Waals surface area contributed by atoms with Crippen LogP contribution in [0, 0.1) is 5.92 Å². The van der Waals surface area contributed by atoms with E-state index in [1.807, 2.05) is 6.33 Å². The van der Waals surface area contributed by atoms with E-state index in [1.165, 1.54) is 37.8 Å². The van der Waals surface area contributed by atoms with Crippen molar-refractivity contribution >= 4 is 0 Å². The number of nitrogens with one attached hydrogen (secondary N) is 1. The van der Waals surface area contributed by atoms with Crippen LogP contribution >= 0.6 is 0 Å². The lowest BCUT2D eigenvalue weighted by Gasteiger charge is -2.26. The summed E-state index contributed by atoms with van der Waals surface area (Å²) in [7, 11) is 0. The zero-order chi connectivity index (χ0) is 13.0. The van der Waals surface area contributed by atoms with Gasteiger partial charge in [0.1, 0.15) is 0 Å². The molecular formula is C15H27N3. The van der Waals surface area contributed by atoms with Crippen LogP contribution in [-0.4, -0.2) is 16.1 Å². The van der Waals surface area contributed by atoms with E-state index in [-0.39, 0.29) is 0 Å². The molecule has 3 nitrogen and oxygen atoms in total. The first kappa shape index (κ1) is 13.6. The number of aromatic nitrogens is 2. The minimum absolute atomic E-state index is 0.516. The highest BCUT2D eigenvalue weighted by Crippen LogP contribution is 2.26. The third-order valence-electron chi connectivity index (χ3n) is 4.00. The topological polar surface area (TPSA) is 29.9 Å². The van der Waals surface area contributed by atoms with E-state index in [0.29, 0.717) is 12.1 Å². The average Bonchev–Trinajstić information content (AvgIpc) is 2.86. The largest absolute Gasteiger partial charge is 0.330 e. The van der Waals surface area contributed by atoms with Crippen LogP contribution in [0.1, 0.15) is 70.7 Å². The quantitative estimate of drug-likeness (QED) is 0.862. The van der Waals surface area contributed by atoms with Gasteiger partial charge in [-0.15, -0.1) is 0 Å². The van der Waals surface area contributed by atoms with Gasteiger partial charge in [-0.25, -0.2) is 4.98 Å². The van der Waals surface area contributed by atoms with E-state index < -0.39 is 0 Å². The minimum atomic E-state index is 0.516. The molecule has 0 spiro atoms. The van der Waals surface area contributed by atoms with E-state index in [1.54, 1.807) is 0 Å². The van der Waals surface area contributed by atoms with Crippen molar-refractivity contribution in [2.75, 3.05) is 6.54 Å². The van der Waals surface area contributed by atoms with Gasteiger partial charge in [-0.05, 0) is 45.1 Å². The molecule has 1 aromatic heterocycles. The Morgan fingerprint density at radius 2 is 2.17 bits per heavy atom. The van der Waals surface area contributed by atoms with Crippen molar-refractivity contribution in [3.8, 4) is 0 Å². The predicted octanol–water partition coefficient (Wildman–Crippen LogP) is 3.69. The van der Waals surface area contributed by atoms with Crippen LogP contribution in [0.4, 0.5) is 0 Å². The van der Waals surface area contributed by atoms with Gasteiger partial charge < -0.3 is 9.88 Å². The minimum Gasteiger partial charge on any atom is -0.330 e. The second-order valence-corrected chi connectivity index (χ2v) is 6.05. The molecule has 0 radical (unpaired) electrons. The maximum absolute atomic E-state index is 4.37. The molecule has 3 heteroatoms. The zero-order valence-corrected chi connectivity index (χ0v) is 12.0. The SMILES string of the molecule is CC(C)CCC(C)n1cncc1C1CCCCN1. The molecule has 0 aliphatic carbocycles. The maximum atomic E-state index is 4.37. The van der Waals surface area contributed by atoms with E-state index in [4.69, 9.17) is 0 Å². The molecular weight excluding hydrogens is 222 g/mol. The Morgan fingerprint density at radius 1 is 1.33 bits per heavy atom. The van der Waals surface area contributed by atoms with Crippen LogP contribution < -0.4 is 5.32 Å². The van der Waals surface area contributed by atoms with Crippen LogP contribution in [0.2, 0.25) is 0 Å².